The number of benzene rings is 2. The minimum atomic E-state index is -4.25. The molecule has 2 heterocycles. The monoisotopic (exact) mass is 600 g/mol. The molecule has 2 aromatic rings. The Morgan fingerprint density at radius 3 is 2.19 bits per heavy atom. The molecule has 2 aliphatic rings. The van der Waals surface area contributed by atoms with Gasteiger partial charge in [-0.25, -0.2) is 22.3 Å². The number of likely N-dealkylation sites (N-methyl/N-ethyl adjacent to an activating group) is 1. The maximum absolute atomic E-state index is 13.3. The first kappa shape index (κ1) is 31.0. The van der Waals surface area contributed by atoms with Crippen molar-refractivity contribution >= 4 is 33.9 Å². The maximum Gasteiger partial charge on any atom is 0.415 e. The predicted molar refractivity (Wildman–Crippen MR) is 152 cm³/mol. The standard InChI is InChI=1S/C29H36N4O8S/c1-19(33-26(35)22-8-6-7-9-24(22)42(33,38)39)25(34)30-23(27(36)41-29(2,3)4)18-20-10-12-21(13-11-20)40-28(37)32-16-14-31(5)15-17-32/h6-13,19,23H,14-18H2,1-5H3,(H,30,34)/t19?,23-/m0/s1. The first-order valence-corrected chi connectivity index (χ1v) is 15.1. The first-order valence-electron chi connectivity index (χ1n) is 13.6. The highest BCUT2D eigenvalue weighted by Gasteiger charge is 2.46. The fourth-order valence-electron chi connectivity index (χ4n) is 4.63. The molecule has 13 heteroatoms. The zero-order valence-electron chi connectivity index (χ0n) is 24.3. The average Bonchev–Trinajstić information content (AvgIpc) is 3.13. The number of piperazine rings is 1. The third-order valence-corrected chi connectivity index (χ3v) is 8.84. The Hall–Kier alpha value is -3.97. The van der Waals surface area contributed by atoms with Crippen molar-refractivity contribution in [2.75, 3.05) is 33.2 Å². The van der Waals surface area contributed by atoms with Crippen LogP contribution < -0.4 is 10.1 Å². The molecule has 0 radical (unpaired) electrons. The van der Waals surface area contributed by atoms with E-state index in [0.29, 0.717) is 28.7 Å². The van der Waals surface area contributed by atoms with Crippen molar-refractivity contribution in [2.45, 2.75) is 56.7 Å². The summed E-state index contributed by atoms with van der Waals surface area (Å²) < 4.78 is 37.6. The van der Waals surface area contributed by atoms with Crippen LogP contribution in [0.2, 0.25) is 0 Å². The number of hydrogen-bond donors (Lipinski definition) is 1. The molecule has 4 rings (SSSR count). The van der Waals surface area contributed by atoms with Gasteiger partial charge in [0, 0.05) is 32.6 Å². The molecule has 1 N–H and O–H groups in total. The summed E-state index contributed by atoms with van der Waals surface area (Å²) in [6.07, 6.45) is -0.446. The molecule has 2 aromatic carbocycles. The Morgan fingerprint density at radius 2 is 1.60 bits per heavy atom. The summed E-state index contributed by atoms with van der Waals surface area (Å²) in [5.41, 5.74) is -0.257. The molecule has 1 saturated heterocycles. The highest BCUT2D eigenvalue weighted by Crippen LogP contribution is 2.31. The van der Waals surface area contributed by atoms with E-state index in [1.54, 1.807) is 49.9 Å². The van der Waals surface area contributed by atoms with Crippen LogP contribution in [0.4, 0.5) is 4.79 Å². The van der Waals surface area contributed by atoms with Crippen LogP contribution in [-0.2, 0) is 30.8 Å². The summed E-state index contributed by atoms with van der Waals surface area (Å²) in [5.74, 6) is -2.06. The van der Waals surface area contributed by atoms with Crippen LogP contribution in [0.3, 0.4) is 0 Å². The van der Waals surface area contributed by atoms with Crippen molar-refractivity contribution < 1.29 is 37.1 Å². The highest BCUT2D eigenvalue weighted by atomic mass is 32.2. The summed E-state index contributed by atoms with van der Waals surface area (Å²) >= 11 is 0. The van der Waals surface area contributed by atoms with E-state index < -0.39 is 51.6 Å². The molecule has 0 aromatic heterocycles. The van der Waals surface area contributed by atoms with E-state index in [1.165, 1.54) is 31.2 Å². The molecule has 1 fully saturated rings. The second-order valence-corrected chi connectivity index (χ2v) is 13.2. The van der Waals surface area contributed by atoms with Gasteiger partial charge in [-0.2, -0.15) is 0 Å². The van der Waals surface area contributed by atoms with Crippen molar-refractivity contribution in [3.05, 3.63) is 59.7 Å². The van der Waals surface area contributed by atoms with Crippen molar-refractivity contribution in [3.8, 4) is 5.75 Å². The van der Waals surface area contributed by atoms with E-state index in [9.17, 15) is 27.6 Å². The summed E-state index contributed by atoms with van der Waals surface area (Å²) in [5, 5.41) is 2.58. The van der Waals surface area contributed by atoms with Crippen LogP contribution in [0, 0.1) is 0 Å². The molecular formula is C29H36N4O8S. The number of amides is 3. The molecular weight excluding hydrogens is 564 g/mol. The van der Waals surface area contributed by atoms with Crippen molar-refractivity contribution in [2.24, 2.45) is 0 Å². The fourth-order valence-corrected chi connectivity index (χ4v) is 6.36. The number of esters is 1. The van der Waals surface area contributed by atoms with Gasteiger partial charge in [0.15, 0.2) is 0 Å². The maximum atomic E-state index is 13.3. The molecule has 2 atom stereocenters. The van der Waals surface area contributed by atoms with E-state index in [2.05, 4.69) is 10.2 Å². The van der Waals surface area contributed by atoms with Gasteiger partial charge in [-0.05, 0) is 64.6 Å². The topological polar surface area (TPSA) is 143 Å². The van der Waals surface area contributed by atoms with Gasteiger partial charge in [-0.3, -0.25) is 9.59 Å². The molecule has 0 saturated carbocycles. The molecule has 226 valence electrons. The number of carbonyl (C=O) groups is 4. The van der Waals surface area contributed by atoms with E-state index >= 15 is 0 Å². The molecule has 0 spiro atoms. The quantitative estimate of drug-likeness (QED) is 0.473. The van der Waals surface area contributed by atoms with Gasteiger partial charge in [0.05, 0.1) is 5.56 Å². The summed E-state index contributed by atoms with van der Waals surface area (Å²) in [6.45, 7) is 8.99. The lowest BCUT2D eigenvalue weighted by atomic mass is 10.0. The predicted octanol–water partition coefficient (Wildman–Crippen LogP) is 2.04. The number of rotatable bonds is 7. The van der Waals surface area contributed by atoms with E-state index in [0.717, 1.165) is 13.1 Å². The molecule has 12 nitrogen and oxygen atoms in total. The molecule has 42 heavy (non-hydrogen) atoms. The molecule has 2 aliphatic heterocycles. The third kappa shape index (κ3) is 6.90. The van der Waals surface area contributed by atoms with Gasteiger partial charge in [-0.15, -0.1) is 0 Å². The summed E-state index contributed by atoms with van der Waals surface area (Å²) in [4.78, 5) is 55.4. The van der Waals surface area contributed by atoms with Crippen LogP contribution >= 0.6 is 0 Å². The van der Waals surface area contributed by atoms with Gasteiger partial charge in [-0.1, -0.05) is 24.3 Å². The summed E-state index contributed by atoms with van der Waals surface area (Å²) in [7, 11) is -2.26. The van der Waals surface area contributed by atoms with Gasteiger partial charge in [0.1, 0.15) is 28.3 Å². The normalized spacial score (nSPS) is 18.2. The Kier molecular flexibility index (Phi) is 8.92. The lowest BCUT2D eigenvalue weighted by molar-refractivity contribution is -0.158. The first-order chi connectivity index (χ1) is 19.7. The van der Waals surface area contributed by atoms with E-state index in [-0.39, 0.29) is 16.9 Å². The smallest absolute Gasteiger partial charge is 0.415 e. The zero-order chi connectivity index (χ0) is 30.8. The van der Waals surface area contributed by atoms with E-state index in [4.69, 9.17) is 9.47 Å². The Bertz CT molecular complexity index is 1460. The van der Waals surface area contributed by atoms with Crippen molar-refractivity contribution in [1.82, 2.24) is 19.4 Å². The Balaban J connectivity index is 1.47. The van der Waals surface area contributed by atoms with Crippen LogP contribution in [0.15, 0.2) is 53.4 Å². The summed E-state index contributed by atoms with van der Waals surface area (Å²) in [6, 6.07) is 9.59. The SMILES string of the molecule is CC(C(=O)N[C@@H](Cc1ccc(OC(=O)N2CCN(C)CC2)cc1)C(=O)OC(C)(C)C)N1C(=O)c2ccccc2S1(=O)=O. The number of carbonyl (C=O) groups excluding carboxylic acids is 4. The minimum absolute atomic E-state index is 0.000974. The number of ether oxygens (including phenoxy) is 2. The Labute approximate surface area is 245 Å². The second kappa shape index (κ2) is 12.1. The minimum Gasteiger partial charge on any atom is -0.458 e. The molecule has 3 amide bonds. The second-order valence-electron chi connectivity index (χ2n) is 11.4. The van der Waals surface area contributed by atoms with Crippen LogP contribution in [0.25, 0.3) is 0 Å². The average molecular weight is 601 g/mol. The Morgan fingerprint density at radius 1 is 0.976 bits per heavy atom. The number of fused-ring (bicyclic) bond motifs is 1. The van der Waals surface area contributed by atoms with Gasteiger partial charge < -0.3 is 24.6 Å². The number of nitrogens with zero attached hydrogens (tertiary/aromatic N) is 3. The molecule has 0 aliphatic carbocycles. The van der Waals surface area contributed by atoms with Gasteiger partial charge >= 0.3 is 12.1 Å². The van der Waals surface area contributed by atoms with Gasteiger partial charge in [0.25, 0.3) is 15.9 Å². The zero-order valence-corrected chi connectivity index (χ0v) is 25.1. The number of sulfonamides is 1. The fraction of sp³-hybridized carbons (Fsp3) is 0.448. The number of hydrogen-bond acceptors (Lipinski definition) is 9. The third-order valence-electron chi connectivity index (χ3n) is 6.92. The van der Waals surface area contributed by atoms with Crippen molar-refractivity contribution in [3.63, 3.8) is 0 Å². The largest absolute Gasteiger partial charge is 0.458 e. The lowest BCUT2D eigenvalue weighted by Gasteiger charge is -2.31. The molecule has 1 unspecified atom stereocenters. The lowest BCUT2D eigenvalue weighted by Crippen LogP contribution is -2.53. The highest BCUT2D eigenvalue weighted by molar-refractivity contribution is 7.90. The van der Waals surface area contributed by atoms with Crippen LogP contribution in [0.5, 0.6) is 5.75 Å². The number of nitrogens with one attached hydrogen (secondary N) is 1. The molecule has 0 bridgehead atoms. The van der Waals surface area contributed by atoms with Gasteiger partial charge in [0.2, 0.25) is 5.91 Å². The van der Waals surface area contributed by atoms with Crippen LogP contribution in [-0.4, -0.2) is 97.3 Å². The van der Waals surface area contributed by atoms with Crippen molar-refractivity contribution in [1.29, 1.82) is 0 Å². The van der Waals surface area contributed by atoms with E-state index in [1.807, 2.05) is 7.05 Å². The van der Waals surface area contributed by atoms with Crippen LogP contribution in [0.1, 0.15) is 43.6 Å².